The van der Waals surface area contributed by atoms with Gasteiger partial charge in [0, 0.05) is 10.5 Å². The molecule has 0 aliphatic carbocycles. The van der Waals surface area contributed by atoms with Gasteiger partial charge in [0.1, 0.15) is 0 Å². The Morgan fingerprint density at radius 2 is 2.22 bits per heavy atom. The minimum Gasteiger partial charge on any atom is -0.466 e. The van der Waals surface area contributed by atoms with Crippen LogP contribution in [0, 0.1) is 11.3 Å². The number of carbonyl (C=O) groups excluding carboxylic acids is 1. The first-order chi connectivity index (χ1) is 8.49. The molecular weight excluding hydrogens is 260 g/mol. The predicted molar refractivity (Wildman–Crippen MR) is 63.7 cm³/mol. The van der Waals surface area contributed by atoms with Gasteiger partial charge in [-0.25, -0.2) is 8.78 Å². The van der Waals surface area contributed by atoms with E-state index in [1.165, 1.54) is 6.07 Å². The number of nitriles is 1. The van der Waals surface area contributed by atoms with Gasteiger partial charge in [0.15, 0.2) is 0 Å². The maximum atomic E-state index is 12.7. The molecule has 0 radical (unpaired) electrons. The second-order valence-electron chi connectivity index (χ2n) is 3.46. The molecule has 0 bridgehead atoms. The van der Waals surface area contributed by atoms with Crippen molar-refractivity contribution in [1.82, 2.24) is 0 Å². The molecule has 0 atom stereocenters. The van der Waals surface area contributed by atoms with Crippen molar-refractivity contribution < 1.29 is 18.3 Å². The zero-order valence-electron chi connectivity index (χ0n) is 9.61. The Labute approximate surface area is 109 Å². The predicted octanol–water partition coefficient (Wildman–Crippen LogP) is 2.89. The number of esters is 1. The molecule has 0 saturated carbocycles. The first-order valence-corrected chi connectivity index (χ1v) is 5.64. The van der Waals surface area contributed by atoms with Gasteiger partial charge in [-0.3, -0.25) is 4.79 Å². The zero-order chi connectivity index (χ0) is 13.7. The van der Waals surface area contributed by atoms with E-state index in [0.717, 1.165) is 6.07 Å². The standard InChI is InChI=1S/C12H11F2NO2S/c1-2-17-11(16)5-7-3-9(12(13)14)10(18)4-8(7)6-15/h3-4,12,18H,2,5H2,1H3. The Bertz CT molecular complexity index is 498. The summed E-state index contributed by atoms with van der Waals surface area (Å²) >= 11 is 3.89. The molecular formula is C12H11F2NO2S. The van der Waals surface area contributed by atoms with E-state index in [0.29, 0.717) is 0 Å². The third kappa shape index (κ3) is 3.44. The summed E-state index contributed by atoms with van der Waals surface area (Å²) in [6, 6.07) is 4.21. The number of carbonyl (C=O) groups is 1. The highest BCUT2D eigenvalue weighted by molar-refractivity contribution is 7.80. The molecule has 0 spiro atoms. The van der Waals surface area contributed by atoms with Crippen molar-refractivity contribution in [3.05, 3.63) is 28.8 Å². The molecule has 1 aromatic carbocycles. The van der Waals surface area contributed by atoms with E-state index in [1.807, 2.05) is 6.07 Å². The highest BCUT2D eigenvalue weighted by atomic mass is 32.1. The average molecular weight is 271 g/mol. The van der Waals surface area contributed by atoms with Crippen LogP contribution in [0.1, 0.15) is 30.0 Å². The fourth-order valence-corrected chi connectivity index (χ4v) is 1.74. The molecule has 0 aliphatic rings. The number of rotatable bonds is 4. The van der Waals surface area contributed by atoms with Crippen LogP contribution in [0.2, 0.25) is 0 Å². The zero-order valence-corrected chi connectivity index (χ0v) is 10.5. The van der Waals surface area contributed by atoms with E-state index >= 15 is 0 Å². The summed E-state index contributed by atoms with van der Waals surface area (Å²) in [5.74, 6) is -0.555. The third-order valence-electron chi connectivity index (χ3n) is 2.25. The molecule has 0 unspecified atom stereocenters. The molecule has 1 aromatic rings. The lowest BCUT2D eigenvalue weighted by atomic mass is 10.0. The van der Waals surface area contributed by atoms with Crippen LogP contribution in [-0.2, 0) is 16.0 Å². The smallest absolute Gasteiger partial charge is 0.310 e. The minimum absolute atomic E-state index is 0.0363. The lowest BCUT2D eigenvalue weighted by Crippen LogP contribution is -2.09. The Kier molecular flexibility index (Phi) is 5.10. The fraction of sp³-hybridized carbons (Fsp3) is 0.333. The number of alkyl halides is 2. The van der Waals surface area contributed by atoms with Gasteiger partial charge >= 0.3 is 5.97 Å². The number of hydrogen-bond acceptors (Lipinski definition) is 4. The van der Waals surface area contributed by atoms with Crippen LogP contribution in [0.3, 0.4) is 0 Å². The van der Waals surface area contributed by atoms with Crippen molar-refractivity contribution in [2.24, 2.45) is 0 Å². The van der Waals surface area contributed by atoms with E-state index in [2.05, 4.69) is 12.6 Å². The number of halogens is 2. The topological polar surface area (TPSA) is 50.1 Å². The second-order valence-corrected chi connectivity index (χ2v) is 3.94. The van der Waals surface area contributed by atoms with Crippen LogP contribution in [0.4, 0.5) is 8.78 Å². The monoisotopic (exact) mass is 271 g/mol. The highest BCUT2D eigenvalue weighted by Gasteiger charge is 2.17. The van der Waals surface area contributed by atoms with Gasteiger partial charge in [0.05, 0.1) is 24.7 Å². The second kappa shape index (κ2) is 6.36. The SMILES string of the molecule is CCOC(=O)Cc1cc(C(F)F)c(S)cc1C#N. The summed E-state index contributed by atoms with van der Waals surface area (Å²) in [5, 5.41) is 8.89. The molecule has 18 heavy (non-hydrogen) atoms. The van der Waals surface area contributed by atoms with Crippen molar-refractivity contribution in [1.29, 1.82) is 5.26 Å². The highest BCUT2D eigenvalue weighted by Crippen LogP contribution is 2.29. The minimum atomic E-state index is -2.70. The van der Waals surface area contributed by atoms with E-state index in [4.69, 9.17) is 10.00 Å². The molecule has 0 aromatic heterocycles. The third-order valence-corrected chi connectivity index (χ3v) is 2.64. The summed E-state index contributed by atoms with van der Waals surface area (Å²) in [4.78, 5) is 11.3. The summed E-state index contributed by atoms with van der Waals surface area (Å²) in [6.07, 6.45) is -2.91. The molecule has 0 aliphatic heterocycles. The Hall–Kier alpha value is -1.61. The van der Waals surface area contributed by atoms with Crippen LogP contribution in [0.25, 0.3) is 0 Å². The first kappa shape index (κ1) is 14.5. The molecule has 0 N–H and O–H groups in total. The molecule has 96 valence electrons. The average Bonchev–Trinajstić information content (AvgIpc) is 2.30. The molecule has 1 rings (SSSR count). The van der Waals surface area contributed by atoms with Crippen molar-refractivity contribution in [3.63, 3.8) is 0 Å². The maximum absolute atomic E-state index is 12.7. The van der Waals surface area contributed by atoms with Gasteiger partial charge in [0.25, 0.3) is 6.43 Å². The first-order valence-electron chi connectivity index (χ1n) is 5.19. The summed E-state index contributed by atoms with van der Waals surface area (Å²) in [7, 11) is 0. The molecule has 6 heteroatoms. The fourth-order valence-electron chi connectivity index (χ4n) is 1.44. The molecule has 0 heterocycles. The van der Waals surface area contributed by atoms with Crippen LogP contribution in [0.5, 0.6) is 0 Å². The van der Waals surface area contributed by atoms with Gasteiger partial charge in [-0.15, -0.1) is 12.6 Å². The normalized spacial score (nSPS) is 10.2. The number of thiol groups is 1. The molecule has 0 saturated heterocycles. The number of nitrogens with zero attached hydrogens (tertiary/aromatic N) is 1. The van der Waals surface area contributed by atoms with Gasteiger partial charge in [0.2, 0.25) is 0 Å². The largest absolute Gasteiger partial charge is 0.466 e. The lowest BCUT2D eigenvalue weighted by Gasteiger charge is -2.09. The summed E-state index contributed by atoms with van der Waals surface area (Å²) in [5.41, 5.74) is 0.0816. The summed E-state index contributed by atoms with van der Waals surface area (Å²) in [6.45, 7) is 1.84. The van der Waals surface area contributed by atoms with Crippen LogP contribution < -0.4 is 0 Å². The van der Waals surface area contributed by atoms with Crippen LogP contribution in [-0.4, -0.2) is 12.6 Å². The summed E-state index contributed by atoms with van der Waals surface area (Å²) < 4.78 is 30.1. The number of hydrogen-bond donors (Lipinski definition) is 1. The maximum Gasteiger partial charge on any atom is 0.310 e. The Morgan fingerprint density at radius 1 is 1.56 bits per heavy atom. The molecule has 0 amide bonds. The van der Waals surface area contributed by atoms with E-state index in [1.54, 1.807) is 6.92 Å². The lowest BCUT2D eigenvalue weighted by molar-refractivity contribution is -0.142. The number of ether oxygens (including phenoxy) is 1. The molecule has 0 fully saturated rings. The van der Waals surface area contributed by atoms with Crippen LogP contribution >= 0.6 is 12.6 Å². The van der Waals surface area contributed by atoms with E-state index in [9.17, 15) is 13.6 Å². The van der Waals surface area contributed by atoms with Gasteiger partial charge in [-0.05, 0) is 24.6 Å². The van der Waals surface area contributed by atoms with Gasteiger partial charge < -0.3 is 4.74 Å². The van der Waals surface area contributed by atoms with Gasteiger partial charge in [-0.1, -0.05) is 0 Å². The quantitative estimate of drug-likeness (QED) is 0.676. The van der Waals surface area contributed by atoms with Crippen molar-refractivity contribution in [3.8, 4) is 6.07 Å². The number of benzene rings is 1. The van der Waals surface area contributed by atoms with Crippen LogP contribution in [0.15, 0.2) is 17.0 Å². The van der Waals surface area contributed by atoms with Gasteiger partial charge in [-0.2, -0.15) is 5.26 Å². The van der Waals surface area contributed by atoms with E-state index < -0.39 is 12.4 Å². The van der Waals surface area contributed by atoms with Crippen molar-refractivity contribution in [2.45, 2.75) is 24.7 Å². The van der Waals surface area contributed by atoms with E-state index in [-0.39, 0.29) is 34.6 Å². The van der Waals surface area contributed by atoms with Crippen molar-refractivity contribution >= 4 is 18.6 Å². The van der Waals surface area contributed by atoms with Crippen molar-refractivity contribution in [2.75, 3.05) is 6.61 Å². The Balaban J connectivity index is 3.13. The molecule has 3 nitrogen and oxygen atoms in total. The Morgan fingerprint density at radius 3 is 2.72 bits per heavy atom.